The van der Waals surface area contributed by atoms with Crippen LogP contribution in [0.5, 0.6) is 0 Å². The first-order valence-corrected chi connectivity index (χ1v) is 6.04. The summed E-state index contributed by atoms with van der Waals surface area (Å²) in [5.74, 6) is 0. The van der Waals surface area contributed by atoms with Crippen LogP contribution in [-0.4, -0.2) is 36.8 Å². The minimum atomic E-state index is -2.80. The van der Waals surface area contributed by atoms with E-state index < -0.39 is 18.8 Å². The van der Waals surface area contributed by atoms with Crippen LogP contribution in [0.4, 0.5) is 13.6 Å². The lowest BCUT2D eigenvalue weighted by Crippen LogP contribution is -2.31. The average molecular weight is 271 g/mol. The largest absolute Gasteiger partial charge is 0.445 e. The van der Waals surface area contributed by atoms with E-state index in [1.54, 1.807) is 0 Å². The molecule has 1 aliphatic heterocycles. The SMILES string of the molecule is O=C(OCc1ccccc1)N1CCC(OC(F)F)C1. The van der Waals surface area contributed by atoms with Crippen molar-refractivity contribution in [3.63, 3.8) is 0 Å². The normalized spacial score (nSPS) is 18.9. The Balaban J connectivity index is 1.75. The van der Waals surface area contributed by atoms with E-state index in [4.69, 9.17) is 4.74 Å². The Morgan fingerprint density at radius 1 is 1.37 bits per heavy atom. The molecule has 0 spiro atoms. The summed E-state index contributed by atoms with van der Waals surface area (Å²) in [4.78, 5) is 13.1. The van der Waals surface area contributed by atoms with Crippen LogP contribution < -0.4 is 0 Å². The third-order valence-electron chi connectivity index (χ3n) is 2.90. The highest BCUT2D eigenvalue weighted by atomic mass is 19.3. The van der Waals surface area contributed by atoms with E-state index in [0.29, 0.717) is 13.0 Å². The molecule has 1 fully saturated rings. The second kappa shape index (κ2) is 6.47. The third-order valence-corrected chi connectivity index (χ3v) is 2.90. The molecule has 6 heteroatoms. The number of nitrogens with zero attached hydrogens (tertiary/aromatic N) is 1. The summed E-state index contributed by atoms with van der Waals surface area (Å²) in [7, 11) is 0. The minimum Gasteiger partial charge on any atom is -0.445 e. The van der Waals surface area contributed by atoms with Crippen molar-refractivity contribution < 1.29 is 23.0 Å². The standard InChI is InChI=1S/C13H15F2NO3/c14-12(15)19-11-6-7-16(8-11)13(17)18-9-10-4-2-1-3-5-10/h1-5,11-12H,6-9H2. The molecule has 0 aliphatic carbocycles. The van der Waals surface area contributed by atoms with E-state index in [9.17, 15) is 13.6 Å². The Hall–Kier alpha value is -1.69. The van der Waals surface area contributed by atoms with Crippen molar-refractivity contribution in [1.29, 1.82) is 0 Å². The Kier molecular flexibility index (Phi) is 4.68. The first-order valence-electron chi connectivity index (χ1n) is 6.04. The molecule has 0 radical (unpaired) electrons. The van der Waals surface area contributed by atoms with Crippen molar-refractivity contribution in [3.05, 3.63) is 35.9 Å². The number of likely N-dealkylation sites (tertiary alicyclic amines) is 1. The van der Waals surface area contributed by atoms with Gasteiger partial charge in [0, 0.05) is 6.54 Å². The lowest BCUT2D eigenvalue weighted by atomic mass is 10.2. The maximum absolute atomic E-state index is 12.0. The number of carbonyl (C=O) groups excluding carboxylic acids is 1. The predicted octanol–water partition coefficient (Wildman–Crippen LogP) is 2.64. The van der Waals surface area contributed by atoms with Crippen molar-refractivity contribution in [2.24, 2.45) is 0 Å². The van der Waals surface area contributed by atoms with Crippen LogP contribution >= 0.6 is 0 Å². The molecule has 104 valence electrons. The van der Waals surface area contributed by atoms with Crippen LogP contribution in [-0.2, 0) is 16.1 Å². The molecule has 1 saturated heterocycles. The summed E-state index contributed by atoms with van der Waals surface area (Å²) < 4.78 is 33.5. The van der Waals surface area contributed by atoms with Gasteiger partial charge in [-0.3, -0.25) is 0 Å². The zero-order chi connectivity index (χ0) is 13.7. The minimum absolute atomic E-state index is 0.151. The Bertz CT molecular complexity index is 414. The van der Waals surface area contributed by atoms with Gasteiger partial charge in [0.15, 0.2) is 0 Å². The van der Waals surface area contributed by atoms with Gasteiger partial charge in [-0.15, -0.1) is 0 Å². The molecule has 1 heterocycles. The fraction of sp³-hybridized carbons (Fsp3) is 0.462. The Morgan fingerprint density at radius 3 is 2.79 bits per heavy atom. The monoisotopic (exact) mass is 271 g/mol. The quantitative estimate of drug-likeness (QED) is 0.845. The molecule has 0 bridgehead atoms. The van der Waals surface area contributed by atoms with Crippen molar-refractivity contribution in [2.45, 2.75) is 25.7 Å². The fourth-order valence-electron chi connectivity index (χ4n) is 1.96. The van der Waals surface area contributed by atoms with E-state index in [2.05, 4.69) is 4.74 Å². The molecule has 0 N–H and O–H groups in total. The molecule has 1 aliphatic rings. The Morgan fingerprint density at radius 2 is 2.11 bits per heavy atom. The molecular formula is C13H15F2NO3. The molecule has 19 heavy (non-hydrogen) atoms. The second-order valence-electron chi connectivity index (χ2n) is 4.29. The van der Waals surface area contributed by atoms with Crippen molar-refractivity contribution >= 4 is 6.09 Å². The van der Waals surface area contributed by atoms with E-state index in [-0.39, 0.29) is 13.2 Å². The van der Waals surface area contributed by atoms with Crippen LogP contribution in [0.1, 0.15) is 12.0 Å². The van der Waals surface area contributed by atoms with E-state index in [0.717, 1.165) is 5.56 Å². The van der Waals surface area contributed by atoms with Crippen molar-refractivity contribution in [1.82, 2.24) is 4.90 Å². The van der Waals surface area contributed by atoms with Crippen LogP contribution in [0.3, 0.4) is 0 Å². The topological polar surface area (TPSA) is 38.8 Å². The smallest absolute Gasteiger partial charge is 0.410 e. The lowest BCUT2D eigenvalue weighted by molar-refractivity contribution is -0.158. The summed E-state index contributed by atoms with van der Waals surface area (Å²) in [6.45, 7) is -2.09. The van der Waals surface area contributed by atoms with E-state index in [1.807, 2.05) is 30.3 Å². The van der Waals surface area contributed by atoms with E-state index >= 15 is 0 Å². The first kappa shape index (κ1) is 13.7. The summed E-state index contributed by atoms with van der Waals surface area (Å²) in [6, 6.07) is 9.27. The highest BCUT2D eigenvalue weighted by molar-refractivity contribution is 5.68. The number of ether oxygens (including phenoxy) is 2. The van der Waals surface area contributed by atoms with Crippen LogP contribution in [0.2, 0.25) is 0 Å². The number of benzene rings is 1. The molecule has 1 amide bonds. The molecule has 1 aromatic rings. The molecule has 1 unspecified atom stereocenters. The van der Waals surface area contributed by atoms with Gasteiger partial charge in [0.25, 0.3) is 0 Å². The summed E-state index contributed by atoms with van der Waals surface area (Å²) in [5.41, 5.74) is 0.885. The van der Waals surface area contributed by atoms with Crippen molar-refractivity contribution in [2.75, 3.05) is 13.1 Å². The summed E-state index contributed by atoms with van der Waals surface area (Å²) in [6.07, 6.45) is -0.696. The van der Waals surface area contributed by atoms with Gasteiger partial charge >= 0.3 is 12.7 Å². The molecule has 2 rings (SSSR count). The fourth-order valence-corrected chi connectivity index (χ4v) is 1.96. The number of hydrogen-bond donors (Lipinski definition) is 0. The third kappa shape index (κ3) is 4.17. The predicted molar refractivity (Wildman–Crippen MR) is 63.7 cm³/mol. The molecule has 4 nitrogen and oxygen atoms in total. The number of rotatable bonds is 4. The van der Waals surface area contributed by atoms with Gasteiger partial charge in [-0.2, -0.15) is 8.78 Å². The maximum atomic E-state index is 12.0. The van der Waals surface area contributed by atoms with Gasteiger partial charge in [-0.1, -0.05) is 30.3 Å². The lowest BCUT2D eigenvalue weighted by Gasteiger charge is -2.16. The molecular weight excluding hydrogens is 256 g/mol. The highest BCUT2D eigenvalue weighted by Crippen LogP contribution is 2.16. The summed E-state index contributed by atoms with van der Waals surface area (Å²) in [5, 5.41) is 0. The summed E-state index contributed by atoms with van der Waals surface area (Å²) >= 11 is 0. The zero-order valence-corrected chi connectivity index (χ0v) is 10.3. The van der Waals surface area contributed by atoms with Gasteiger partial charge in [0.05, 0.1) is 12.6 Å². The van der Waals surface area contributed by atoms with Crippen LogP contribution in [0.25, 0.3) is 0 Å². The molecule has 0 aromatic heterocycles. The number of alkyl halides is 2. The average Bonchev–Trinajstić information content (AvgIpc) is 2.85. The van der Waals surface area contributed by atoms with E-state index in [1.165, 1.54) is 4.90 Å². The highest BCUT2D eigenvalue weighted by Gasteiger charge is 2.29. The maximum Gasteiger partial charge on any atom is 0.410 e. The van der Waals surface area contributed by atoms with Gasteiger partial charge in [-0.25, -0.2) is 4.79 Å². The second-order valence-corrected chi connectivity index (χ2v) is 4.29. The Labute approximate surface area is 109 Å². The number of hydrogen-bond acceptors (Lipinski definition) is 3. The van der Waals surface area contributed by atoms with Crippen LogP contribution in [0.15, 0.2) is 30.3 Å². The van der Waals surface area contributed by atoms with Gasteiger partial charge in [0.2, 0.25) is 0 Å². The number of halogens is 2. The first-order chi connectivity index (χ1) is 9.15. The number of amides is 1. The molecule has 1 aromatic carbocycles. The van der Waals surface area contributed by atoms with Crippen LogP contribution in [0, 0.1) is 0 Å². The zero-order valence-electron chi connectivity index (χ0n) is 10.3. The molecule has 1 atom stereocenters. The number of carbonyl (C=O) groups is 1. The van der Waals surface area contributed by atoms with Gasteiger partial charge < -0.3 is 14.4 Å². The van der Waals surface area contributed by atoms with Gasteiger partial charge in [0.1, 0.15) is 6.61 Å². The van der Waals surface area contributed by atoms with Gasteiger partial charge in [-0.05, 0) is 12.0 Å². The van der Waals surface area contributed by atoms with Crippen molar-refractivity contribution in [3.8, 4) is 0 Å². The molecule has 0 saturated carbocycles.